The van der Waals surface area contributed by atoms with Gasteiger partial charge in [0.1, 0.15) is 29.5 Å². The van der Waals surface area contributed by atoms with Crippen molar-refractivity contribution in [3.63, 3.8) is 0 Å². The van der Waals surface area contributed by atoms with Gasteiger partial charge >= 0.3 is 12.1 Å². The van der Waals surface area contributed by atoms with Crippen LogP contribution >= 0.6 is 0 Å². The van der Waals surface area contributed by atoms with Crippen LogP contribution in [-0.4, -0.2) is 62.4 Å². The molecule has 1 saturated carbocycles. The molecule has 3 aliphatic rings. The number of aliphatic hydroxyl groups excluding tert-OH is 1. The molecule has 1 aliphatic carbocycles. The lowest BCUT2D eigenvalue weighted by Crippen LogP contribution is -2.26. The van der Waals surface area contributed by atoms with Crippen molar-refractivity contribution in [3.05, 3.63) is 83.1 Å². The Kier molecular flexibility index (Phi) is 8.34. The summed E-state index contributed by atoms with van der Waals surface area (Å²) in [5, 5.41) is 17.1. The molecule has 0 bridgehead atoms. The summed E-state index contributed by atoms with van der Waals surface area (Å²) in [4.78, 5) is 22.3. The first-order chi connectivity index (χ1) is 21.6. The molecule has 6 rings (SSSR count). The standard InChI is InChI=1S/C31H27F4N5O5/c1-17-20(3-2-4-23(17)32)29-37-25-15-36-40(16-26(25)38-29)28(30(42)44-12-11-43-10-9-41)27-14-24(39-45-27)21-8-7-19(18-5-6-18)13-22(21)31(33,34)35/h2-4,7-8,13-16,18,28,41H,5-6,9-12H2,1H3. The van der Waals surface area contributed by atoms with Crippen molar-refractivity contribution in [2.45, 2.75) is 37.9 Å². The van der Waals surface area contributed by atoms with Crippen molar-refractivity contribution >= 4 is 5.97 Å². The number of fused-ring (bicyclic) bond motifs is 1. The highest BCUT2D eigenvalue weighted by Crippen LogP contribution is 2.45. The van der Waals surface area contributed by atoms with Crippen molar-refractivity contribution < 1.29 is 41.5 Å². The Bertz CT molecular complexity index is 1800. The maximum atomic E-state index is 14.2. The van der Waals surface area contributed by atoms with Gasteiger partial charge in [0.2, 0.25) is 6.04 Å². The Morgan fingerprint density at radius 3 is 2.62 bits per heavy atom. The molecule has 10 nitrogen and oxygen atoms in total. The lowest BCUT2D eigenvalue weighted by atomic mass is 9.98. The van der Waals surface area contributed by atoms with Gasteiger partial charge in [-0.05, 0) is 48.9 Å². The topological polar surface area (TPSA) is 125 Å². The van der Waals surface area contributed by atoms with Crippen molar-refractivity contribution in [2.24, 2.45) is 0 Å². The summed E-state index contributed by atoms with van der Waals surface area (Å²) < 4.78 is 73.6. The Balaban J connectivity index is 1.37. The summed E-state index contributed by atoms with van der Waals surface area (Å²) in [5.41, 5.74) is 0.934. The average molecular weight is 626 g/mol. The summed E-state index contributed by atoms with van der Waals surface area (Å²) in [7, 11) is 0. The van der Waals surface area contributed by atoms with Crippen LogP contribution in [0.25, 0.3) is 34.0 Å². The van der Waals surface area contributed by atoms with Crippen LogP contribution in [0.15, 0.2) is 59.4 Å². The van der Waals surface area contributed by atoms with Gasteiger partial charge in [-0.3, -0.25) is 0 Å². The lowest BCUT2D eigenvalue weighted by molar-refractivity contribution is -0.148. The number of aromatic nitrogens is 5. The normalized spacial score (nSPS) is 14.2. The van der Waals surface area contributed by atoms with Crippen molar-refractivity contribution in [3.8, 4) is 34.0 Å². The van der Waals surface area contributed by atoms with Gasteiger partial charge in [0.15, 0.2) is 11.6 Å². The predicted octanol–water partition coefficient (Wildman–Crippen LogP) is 5.59. The van der Waals surface area contributed by atoms with E-state index in [0.29, 0.717) is 28.1 Å². The molecule has 1 unspecified atom stereocenters. The summed E-state index contributed by atoms with van der Waals surface area (Å²) in [6.45, 7) is 1.25. The molecule has 45 heavy (non-hydrogen) atoms. The first-order valence-corrected chi connectivity index (χ1v) is 14.1. The molecule has 0 amide bonds. The molecule has 0 saturated heterocycles. The Morgan fingerprint density at radius 2 is 1.87 bits per heavy atom. The molecule has 3 aromatic rings. The molecule has 0 radical (unpaired) electrons. The van der Waals surface area contributed by atoms with Crippen LogP contribution in [0.2, 0.25) is 0 Å². The average Bonchev–Trinajstić information content (AvgIpc) is 3.61. The molecule has 2 aromatic carbocycles. The van der Waals surface area contributed by atoms with Crippen LogP contribution in [0.3, 0.4) is 0 Å². The zero-order chi connectivity index (χ0) is 31.7. The first-order valence-electron chi connectivity index (χ1n) is 14.1. The molecule has 2 aliphatic heterocycles. The number of carbonyl (C=O) groups is 1. The number of ether oxygens (including phenoxy) is 2. The summed E-state index contributed by atoms with van der Waals surface area (Å²) in [6, 6.07) is 8.51. The van der Waals surface area contributed by atoms with E-state index in [2.05, 4.69) is 20.2 Å². The highest BCUT2D eigenvalue weighted by atomic mass is 19.4. The highest BCUT2D eigenvalue weighted by Gasteiger charge is 2.37. The zero-order valence-electron chi connectivity index (χ0n) is 23.9. The number of carbonyl (C=O) groups excluding carboxylic acids is 1. The van der Waals surface area contributed by atoms with Crippen LogP contribution in [0, 0.1) is 12.7 Å². The van der Waals surface area contributed by atoms with E-state index in [9.17, 15) is 22.4 Å². The van der Waals surface area contributed by atoms with Gasteiger partial charge < -0.3 is 19.1 Å². The monoisotopic (exact) mass is 625 g/mol. The highest BCUT2D eigenvalue weighted by molar-refractivity contribution is 5.78. The second-order valence-corrected chi connectivity index (χ2v) is 10.6. The van der Waals surface area contributed by atoms with Gasteiger partial charge in [-0.25, -0.2) is 23.8 Å². The van der Waals surface area contributed by atoms with Crippen LogP contribution in [0.1, 0.15) is 47.3 Å². The number of benzene rings is 2. The van der Waals surface area contributed by atoms with E-state index in [1.54, 1.807) is 25.1 Å². The lowest BCUT2D eigenvalue weighted by Gasteiger charge is -2.16. The van der Waals surface area contributed by atoms with Gasteiger partial charge in [0.05, 0.1) is 37.8 Å². The number of aliphatic hydroxyl groups is 1. The van der Waals surface area contributed by atoms with Gasteiger partial charge in [0.25, 0.3) is 0 Å². The minimum atomic E-state index is -4.65. The Labute approximate surface area is 254 Å². The molecule has 0 spiro atoms. The van der Waals surface area contributed by atoms with Gasteiger partial charge in [-0.1, -0.05) is 29.4 Å². The number of halogens is 4. The van der Waals surface area contributed by atoms with E-state index in [4.69, 9.17) is 19.1 Å². The third kappa shape index (κ3) is 6.42. The fraction of sp³-hybridized carbons (Fsp3) is 0.323. The van der Waals surface area contributed by atoms with E-state index in [-0.39, 0.29) is 55.2 Å². The van der Waals surface area contributed by atoms with Gasteiger partial charge in [-0.15, -0.1) is 0 Å². The number of rotatable bonds is 11. The van der Waals surface area contributed by atoms with Gasteiger partial charge in [-0.2, -0.15) is 18.3 Å². The molecule has 1 atom stereocenters. The second kappa shape index (κ2) is 12.4. The summed E-state index contributed by atoms with van der Waals surface area (Å²) in [5.74, 6) is -1.06. The van der Waals surface area contributed by atoms with E-state index >= 15 is 0 Å². The van der Waals surface area contributed by atoms with Crippen LogP contribution in [-0.2, 0) is 20.4 Å². The maximum Gasteiger partial charge on any atom is 0.417 e. The predicted molar refractivity (Wildman–Crippen MR) is 150 cm³/mol. The smallest absolute Gasteiger partial charge is 0.417 e. The van der Waals surface area contributed by atoms with E-state index in [1.807, 2.05) is 0 Å². The molecule has 14 heteroatoms. The number of hydrogen-bond acceptors (Lipinski definition) is 9. The number of esters is 1. The van der Waals surface area contributed by atoms with Crippen molar-refractivity contribution in [2.75, 3.05) is 26.4 Å². The third-order valence-electron chi connectivity index (χ3n) is 7.46. The number of nitrogens with zero attached hydrogens (tertiary/aromatic N) is 5. The number of alkyl halides is 3. The maximum absolute atomic E-state index is 14.2. The molecule has 3 heterocycles. The van der Waals surface area contributed by atoms with Crippen molar-refractivity contribution in [1.82, 2.24) is 24.9 Å². The largest absolute Gasteiger partial charge is 0.461 e. The quantitative estimate of drug-likeness (QED) is 0.114. The molecule has 1 N–H and O–H groups in total. The summed E-state index contributed by atoms with van der Waals surface area (Å²) >= 11 is 0. The molecule has 1 aromatic heterocycles. The Morgan fingerprint density at radius 1 is 1.07 bits per heavy atom. The minimum absolute atomic E-state index is 0.00916. The molecular formula is C31H27F4N5O5. The third-order valence-corrected chi connectivity index (χ3v) is 7.46. The fourth-order valence-electron chi connectivity index (χ4n) is 4.99. The first kappa shape index (κ1) is 30.3. The summed E-state index contributed by atoms with van der Waals surface area (Å²) in [6.07, 6.45) is -0.221. The number of hydrogen-bond donors (Lipinski definition) is 1. The van der Waals surface area contributed by atoms with E-state index in [0.717, 1.165) is 18.9 Å². The molecule has 234 valence electrons. The second-order valence-electron chi connectivity index (χ2n) is 10.6. The van der Waals surface area contributed by atoms with Crippen molar-refractivity contribution in [1.29, 1.82) is 0 Å². The molecule has 1 fully saturated rings. The Hall–Kier alpha value is -4.69. The van der Waals surface area contributed by atoms with E-state index in [1.165, 1.54) is 35.3 Å². The van der Waals surface area contributed by atoms with Crippen LogP contribution < -0.4 is 0 Å². The van der Waals surface area contributed by atoms with Gasteiger partial charge in [0, 0.05) is 17.2 Å². The van der Waals surface area contributed by atoms with Crippen LogP contribution in [0.5, 0.6) is 0 Å². The number of imidazole rings is 1. The fourth-order valence-corrected chi connectivity index (χ4v) is 4.99. The van der Waals surface area contributed by atoms with Crippen LogP contribution in [0.4, 0.5) is 17.6 Å². The molecular weight excluding hydrogens is 598 g/mol. The minimum Gasteiger partial charge on any atom is -0.461 e. The van der Waals surface area contributed by atoms with E-state index < -0.39 is 29.6 Å². The SMILES string of the molecule is Cc1c(F)cccc1-c1nc2cnn(C(C(=O)OCCOCCO)c3cc(-c4ccc(C5CC5)cc4C(F)(F)F)no3)cc-2n1. The zero-order valence-corrected chi connectivity index (χ0v) is 23.9.